The number of hydrogen-bond acceptors (Lipinski definition) is 4. The molecule has 0 saturated carbocycles. The molecular weight excluding hydrogens is 1070 g/mol. The summed E-state index contributed by atoms with van der Waals surface area (Å²) < 4.78 is 14.7. The van der Waals surface area contributed by atoms with E-state index in [1.165, 1.54) is 65.9 Å². The van der Waals surface area contributed by atoms with Crippen molar-refractivity contribution in [2.24, 2.45) is 0 Å². The molecule has 1 aliphatic carbocycles. The summed E-state index contributed by atoms with van der Waals surface area (Å²) in [5.41, 5.74) is 22.7. The Morgan fingerprint density at radius 1 is 0.307 bits per heavy atom. The van der Waals surface area contributed by atoms with Crippen LogP contribution in [-0.4, -0.2) is 28.7 Å². The fourth-order valence-corrected chi connectivity index (χ4v) is 14.0. The molecule has 412 valence electrons. The molecule has 7 heteroatoms. The zero-order valence-corrected chi connectivity index (χ0v) is 47.7. The lowest BCUT2D eigenvalue weighted by molar-refractivity contribution is 0.663. The van der Waals surface area contributed by atoms with Gasteiger partial charge in [-0.15, -0.1) is 0 Å². The smallest absolute Gasteiger partial charge is 0.164 e. The SMILES string of the molecule is C1=Cc2c(c3c(-c4cccc(-c5nc(-c6ccccc6)nc(-c6ccccc6)n5)c4)cccc3n2-c2cccc3c2oc2c(-n4c5ccc(-c6ccccc6)cc5c5cc(-c6ccc7c(c6)c6ccccc6n7-c6ccccc6)ccc54)cccc23)CC1. The van der Waals surface area contributed by atoms with Crippen molar-refractivity contribution in [2.75, 3.05) is 0 Å². The van der Waals surface area contributed by atoms with Crippen LogP contribution in [-0.2, 0) is 6.42 Å². The maximum absolute atomic E-state index is 7.47. The highest BCUT2D eigenvalue weighted by molar-refractivity contribution is 6.16. The van der Waals surface area contributed by atoms with Gasteiger partial charge in [0.15, 0.2) is 28.6 Å². The Hall–Kier alpha value is -11.7. The van der Waals surface area contributed by atoms with E-state index < -0.39 is 0 Å². The predicted octanol–water partition coefficient (Wildman–Crippen LogP) is 20.9. The Morgan fingerprint density at radius 2 is 0.761 bits per heavy atom. The molecule has 1 aliphatic rings. The van der Waals surface area contributed by atoms with Crippen molar-refractivity contribution in [3.05, 3.63) is 296 Å². The standard InChI is InChI=1S/C81H52N6O/c1-5-21-51(22-6-1)54-41-45-71-66(48-54)67-50-56(55-42-44-70-65(49-55)61-31-13-15-36-68(61)85(70)59-29-11-4-12-30-59)43-46-72(67)86(71)74-39-19-34-62-63-35-20-40-75(78(63)88-77(62)74)87-69-37-16-14-32-64(69)76-60(33-18-38-73(76)87)57-27-17-28-58(47-57)81-83-79(52-23-7-2-8-24-52)82-80(84-81)53-25-9-3-10-26-53/h1-13,15-31,33-50H,14,32H2. The van der Waals surface area contributed by atoms with Crippen LogP contribution in [0.5, 0.6) is 0 Å². The number of hydrogen-bond donors (Lipinski definition) is 0. The molecule has 5 heterocycles. The average Bonchev–Trinajstić information content (AvgIpc) is 1.87. The van der Waals surface area contributed by atoms with Gasteiger partial charge in [0, 0.05) is 65.8 Å². The number of benzene rings is 12. The second-order valence-corrected chi connectivity index (χ2v) is 23.0. The third kappa shape index (κ3) is 7.87. The topological polar surface area (TPSA) is 66.6 Å². The van der Waals surface area contributed by atoms with Crippen LogP contribution in [0.1, 0.15) is 17.7 Å². The number of aromatic nitrogens is 6. The minimum Gasteiger partial charge on any atom is -0.452 e. The van der Waals surface area contributed by atoms with Gasteiger partial charge in [-0.3, -0.25) is 0 Å². The fraction of sp³-hybridized carbons (Fsp3) is 0.0247. The predicted molar refractivity (Wildman–Crippen MR) is 363 cm³/mol. The van der Waals surface area contributed by atoms with Crippen LogP contribution in [0.2, 0.25) is 0 Å². The summed E-state index contributed by atoms with van der Waals surface area (Å²) in [6.45, 7) is 0. The van der Waals surface area contributed by atoms with Gasteiger partial charge in [0.1, 0.15) is 0 Å². The molecule has 88 heavy (non-hydrogen) atoms. The Bertz CT molecular complexity index is 5620. The van der Waals surface area contributed by atoms with E-state index in [0.717, 1.165) is 102 Å². The van der Waals surface area contributed by atoms with Gasteiger partial charge in [0.05, 0.1) is 39.0 Å². The molecular formula is C81H52N6O. The van der Waals surface area contributed by atoms with Crippen molar-refractivity contribution in [3.8, 4) is 84.6 Å². The summed E-state index contributed by atoms with van der Waals surface area (Å²) in [4.78, 5) is 15.2. The van der Waals surface area contributed by atoms with Gasteiger partial charge in [-0.05, 0) is 137 Å². The zero-order valence-electron chi connectivity index (χ0n) is 47.7. The molecule has 17 aromatic rings. The van der Waals surface area contributed by atoms with Gasteiger partial charge in [-0.25, -0.2) is 15.0 Å². The second-order valence-electron chi connectivity index (χ2n) is 23.0. The molecule has 0 unspecified atom stereocenters. The fourth-order valence-electron chi connectivity index (χ4n) is 14.0. The lowest BCUT2D eigenvalue weighted by Gasteiger charge is -2.12. The highest BCUT2D eigenvalue weighted by atomic mass is 16.3. The van der Waals surface area contributed by atoms with Gasteiger partial charge in [-0.1, -0.05) is 206 Å². The maximum atomic E-state index is 7.47. The van der Waals surface area contributed by atoms with Crippen LogP contribution in [0.4, 0.5) is 0 Å². The van der Waals surface area contributed by atoms with E-state index in [0.29, 0.717) is 17.5 Å². The molecule has 5 aromatic heterocycles. The maximum Gasteiger partial charge on any atom is 0.164 e. The van der Waals surface area contributed by atoms with Gasteiger partial charge in [0.2, 0.25) is 0 Å². The molecule has 0 aliphatic heterocycles. The summed E-state index contributed by atoms with van der Waals surface area (Å²) in [6, 6.07) is 99.9. The van der Waals surface area contributed by atoms with E-state index in [1.54, 1.807) is 0 Å². The number of allylic oxidation sites excluding steroid dienone is 1. The first-order valence-corrected chi connectivity index (χ1v) is 30.1. The quantitative estimate of drug-likeness (QED) is 0.144. The molecule has 0 amide bonds. The third-order valence-electron chi connectivity index (χ3n) is 18.0. The van der Waals surface area contributed by atoms with Crippen LogP contribution in [0.15, 0.2) is 290 Å². The van der Waals surface area contributed by atoms with E-state index in [-0.39, 0.29) is 0 Å². The van der Waals surface area contributed by atoms with E-state index in [1.807, 2.05) is 36.4 Å². The lowest BCUT2D eigenvalue weighted by Crippen LogP contribution is -2.00. The monoisotopic (exact) mass is 1120 g/mol. The van der Waals surface area contributed by atoms with Crippen LogP contribution in [0, 0.1) is 0 Å². The molecule has 18 rings (SSSR count). The molecule has 0 saturated heterocycles. The molecule has 0 N–H and O–H groups in total. The molecule has 0 bridgehead atoms. The number of fused-ring (bicyclic) bond motifs is 12. The molecule has 0 atom stereocenters. The van der Waals surface area contributed by atoms with Crippen molar-refractivity contribution < 1.29 is 4.42 Å². The summed E-state index contributed by atoms with van der Waals surface area (Å²) >= 11 is 0. The van der Waals surface area contributed by atoms with Gasteiger partial charge < -0.3 is 18.1 Å². The Labute approximate surface area is 506 Å². The van der Waals surface area contributed by atoms with E-state index in [9.17, 15) is 0 Å². The second kappa shape index (κ2) is 20.0. The first-order chi connectivity index (χ1) is 43.6. The van der Waals surface area contributed by atoms with Crippen LogP contribution in [0.25, 0.3) is 167 Å². The highest BCUT2D eigenvalue weighted by Gasteiger charge is 2.26. The van der Waals surface area contributed by atoms with Crippen molar-refractivity contribution in [1.29, 1.82) is 0 Å². The first-order valence-electron chi connectivity index (χ1n) is 30.1. The normalized spacial score (nSPS) is 12.4. The Kier molecular flexibility index (Phi) is 11.3. The average molecular weight is 1130 g/mol. The Morgan fingerprint density at radius 3 is 1.40 bits per heavy atom. The number of aryl methyl sites for hydroxylation is 1. The minimum atomic E-state index is 0.626. The summed E-state index contributed by atoms with van der Waals surface area (Å²) in [6.07, 6.45) is 6.49. The van der Waals surface area contributed by atoms with Gasteiger partial charge in [0.25, 0.3) is 0 Å². The Balaban J connectivity index is 0.791. The number of rotatable bonds is 9. The van der Waals surface area contributed by atoms with Crippen LogP contribution >= 0.6 is 0 Å². The van der Waals surface area contributed by atoms with Crippen molar-refractivity contribution in [1.82, 2.24) is 28.7 Å². The van der Waals surface area contributed by atoms with Crippen molar-refractivity contribution >= 4 is 82.5 Å². The lowest BCUT2D eigenvalue weighted by atomic mass is 9.93. The van der Waals surface area contributed by atoms with E-state index >= 15 is 0 Å². The van der Waals surface area contributed by atoms with Crippen LogP contribution < -0.4 is 0 Å². The van der Waals surface area contributed by atoms with Gasteiger partial charge in [-0.2, -0.15) is 0 Å². The number of para-hydroxylation sites is 4. The summed E-state index contributed by atoms with van der Waals surface area (Å²) in [7, 11) is 0. The minimum absolute atomic E-state index is 0.626. The largest absolute Gasteiger partial charge is 0.452 e. The third-order valence-corrected chi connectivity index (χ3v) is 18.0. The molecule has 0 radical (unpaired) electrons. The van der Waals surface area contributed by atoms with Crippen LogP contribution in [0.3, 0.4) is 0 Å². The molecule has 7 nitrogen and oxygen atoms in total. The summed E-state index contributed by atoms with van der Waals surface area (Å²) in [5.74, 6) is 1.90. The van der Waals surface area contributed by atoms with Crippen molar-refractivity contribution in [2.45, 2.75) is 12.8 Å². The van der Waals surface area contributed by atoms with Crippen molar-refractivity contribution in [3.63, 3.8) is 0 Å². The van der Waals surface area contributed by atoms with E-state index in [2.05, 4.69) is 269 Å². The number of nitrogens with zero attached hydrogens (tertiary/aromatic N) is 6. The van der Waals surface area contributed by atoms with Gasteiger partial charge >= 0.3 is 0 Å². The zero-order chi connectivity index (χ0) is 57.8. The highest BCUT2D eigenvalue weighted by Crippen LogP contribution is 2.46. The molecule has 12 aromatic carbocycles. The summed E-state index contributed by atoms with van der Waals surface area (Å²) in [5, 5.41) is 8.17. The first kappa shape index (κ1) is 49.7. The molecule has 0 fully saturated rings. The van der Waals surface area contributed by atoms with E-state index in [4.69, 9.17) is 19.4 Å². The number of furan rings is 1. The molecule has 0 spiro atoms.